The van der Waals surface area contributed by atoms with E-state index >= 15 is 0 Å². The van der Waals surface area contributed by atoms with Gasteiger partial charge >= 0.3 is 5.97 Å². The van der Waals surface area contributed by atoms with Crippen molar-refractivity contribution >= 4 is 22.4 Å². The summed E-state index contributed by atoms with van der Waals surface area (Å²) in [4.78, 5) is 15.9. The molecule has 0 aliphatic heterocycles. The molecule has 20 heavy (non-hydrogen) atoms. The molecular weight excluding hydrogens is 272 g/mol. The summed E-state index contributed by atoms with van der Waals surface area (Å²) in [6.45, 7) is 6.91. The third-order valence-corrected chi connectivity index (χ3v) is 4.67. The predicted molar refractivity (Wildman–Crippen MR) is 82.1 cm³/mol. The third-order valence-electron chi connectivity index (χ3n) is 3.85. The van der Waals surface area contributed by atoms with Crippen molar-refractivity contribution in [2.75, 3.05) is 11.9 Å². The molecule has 1 fully saturated rings. The molecule has 0 unspecified atom stereocenters. The van der Waals surface area contributed by atoms with Crippen molar-refractivity contribution in [3.05, 3.63) is 11.1 Å². The van der Waals surface area contributed by atoms with Gasteiger partial charge in [0.1, 0.15) is 0 Å². The summed E-state index contributed by atoms with van der Waals surface area (Å²) < 4.78 is 4.93. The van der Waals surface area contributed by atoms with E-state index in [2.05, 4.69) is 24.1 Å². The topological polar surface area (TPSA) is 51.2 Å². The Balaban J connectivity index is 1.82. The van der Waals surface area contributed by atoms with Gasteiger partial charge in [0.15, 0.2) is 5.13 Å². The highest BCUT2D eigenvalue weighted by molar-refractivity contribution is 7.13. The summed E-state index contributed by atoms with van der Waals surface area (Å²) in [6.07, 6.45) is 5.17. The lowest BCUT2D eigenvalue weighted by Gasteiger charge is -2.34. The lowest BCUT2D eigenvalue weighted by molar-refractivity contribution is -0.142. The highest BCUT2D eigenvalue weighted by Crippen LogP contribution is 2.36. The zero-order chi connectivity index (χ0) is 14.6. The second-order valence-electron chi connectivity index (χ2n) is 6.21. The van der Waals surface area contributed by atoms with Gasteiger partial charge in [0.05, 0.1) is 18.7 Å². The van der Waals surface area contributed by atoms with E-state index in [-0.39, 0.29) is 12.4 Å². The number of nitrogens with one attached hydrogen (secondary N) is 1. The first-order chi connectivity index (χ1) is 9.48. The minimum Gasteiger partial charge on any atom is -0.466 e. The van der Waals surface area contributed by atoms with Crippen LogP contribution in [0, 0.1) is 5.41 Å². The zero-order valence-corrected chi connectivity index (χ0v) is 13.4. The summed E-state index contributed by atoms with van der Waals surface area (Å²) in [6, 6.07) is 0.518. The zero-order valence-electron chi connectivity index (χ0n) is 12.6. The van der Waals surface area contributed by atoms with Crippen molar-refractivity contribution in [1.82, 2.24) is 4.98 Å². The van der Waals surface area contributed by atoms with Crippen molar-refractivity contribution in [3.63, 3.8) is 0 Å². The molecule has 1 aliphatic carbocycles. The summed E-state index contributed by atoms with van der Waals surface area (Å²) >= 11 is 1.57. The Hall–Kier alpha value is -1.10. The van der Waals surface area contributed by atoms with Crippen LogP contribution >= 0.6 is 11.3 Å². The lowest BCUT2D eigenvalue weighted by atomic mass is 9.76. The van der Waals surface area contributed by atoms with Gasteiger partial charge in [-0.2, -0.15) is 0 Å². The number of carbonyl (C=O) groups is 1. The molecule has 1 aromatic rings. The highest BCUT2D eigenvalue weighted by Gasteiger charge is 2.27. The molecule has 4 nitrogen and oxygen atoms in total. The molecule has 0 atom stereocenters. The van der Waals surface area contributed by atoms with Crippen molar-refractivity contribution in [2.24, 2.45) is 5.41 Å². The average Bonchev–Trinajstić information content (AvgIpc) is 2.79. The largest absolute Gasteiger partial charge is 0.466 e. The van der Waals surface area contributed by atoms with Crippen molar-refractivity contribution in [1.29, 1.82) is 0 Å². The maximum Gasteiger partial charge on any atom is 0.311 e. The van der Waals surface area contributed by atoms with Gasteiger partial charge in [0, 0.05) is 11.4 Å². The maximum atomic E-state index is 11.4. The monoisotopic (exact) mass is 296 g/mol. The van der Waals surface area contributed by atoms with Crippen LogP contribution in [0.25, 0.3) is 0 Å². The van der Waals surface area contributed by atoms with E-state index in [1.54, 1.807) is 11.3 Å². The second kappa shape index (κ2) is 6.57. The van der Waals surface area contributed by atoms with Crippen LogP contribution in [-0.4, -0.2) is 23.6 Å². The molecule has 5 heteroatoms. The fourth-order valence-corrected chi connectivity index (χ4v) is 3.32. The third kappa shape index (κ3) is 4.47. The van der Waals surface area contributed by atoms with E-state index in [4.69, 9.17) is 4.74 Å². The standard InChI is InChI=1S/C15H24N2O2S/c1-4-19-13(18)9-12-10-20-14(17-12)16-11-5-7-15(2,3)8-6-11/h10-11H,4-9H2,1-3H3,(H,16,17). The number of nitrogens with zero attached hydrogens (tertiary/aromatic N) is 1. The fraction of sp³-hybridized carbons (Fsp3) is 0.733. The van der Waals surface area contributed by atoms with Crippen LogP contribution in [0.15, 0.2) is 5.38 Å². The Morgan fingerprint density at radius 2 is 2.20 bits per heavy atom. The molecule has 2 rings (SSSR count). The summed E-state index contributed by atoms with van der Waals surface area (Å²) in [7, 11) is 0. The normalized spacial score (nSPS) is 18.8. The number of rotatable bonds is 5. The van der Waals surface area contributed by atoms with Gasteiger partial charge in [-0.05, 0) is 38.0 Å². The van der Waals surface area contributed by atoms with Crippen molar-refractivity contribution < 1.29 is 9.53 Å². The molecule has 0 radical (unpaired) electrons. The van der Waals surface area contributed by atoms with Gasteiger partial charge in [0.25, 0.3) is 0 Å². The summed E-state index contributed by atoms with van der Waals surface area (Å²) in [5, 5.41) is 6.36. The second-order valence-corrected chi connectivity index (χ2v) is 7.07. The first kappa shape index (κ1) is 15.3. The van der Waals surface area contributed by atoms with E-state index < -0.39 is 0 Å². The molecule has 0 bridgehead atoms. The smallest absolute Gasteiger partial charge is 0.311 e. The van der Waals surface area contributed by atoms with Crippen LogP contribution in [0.1, 0.15) is 52.1 Å². The minimum atomic E-state index is -0.205. The van der Waals surface area contributed by atoms with Crippen LogP contribution in [0.3, 0.4) is 0 Å². The lowest BCUT2D eigenvalue weighted by Crippen LogP contribution is -2.29. The Labute approximate surface area is 124 Å². The number of hydrogen-bond donors (Lipinski definition) is 1. The number of esters is 1. The molecule has 0 amide bonds. The van der Waals surface area contributed by atoms with Gasteiger partial charge in [-0.1, -0.05) is 13.8 Å². The van der Waals surface area contributed by atoms with E-state index in [9.17, 15) is 4.79 Å². The molecular formula is C15H24N2O2S. The van der Waals surface area contributed by atoms with E-state index in [1.807, 2.05) is 12.3 Å². The van der Waals surface area contributed by atoms with Crippen LogP contribution in [0.4, 0.5) is 5.13 Å². The SMILES string of the molecule is CCOC(=O)Cc1csc(NC2CCC(C)(C)CC2)n1. The number of aromatic nitrogens is 1. The molecule has 1 aromatic heterocycles. The van der Waals surface area contributed by atoms with E-state index in [0.717, 1.165) is 10.8 Å². The molecule has 0 aromatic carbocycles. The molecule has 1 aliphatic rings. The minimum absolute atomic E-state index is 0.205. The fourth-order valence-electron chi connectivity index (χ4n) is 2.53. The summed E-state index contributed by atoms with van der Waals surface area (Å²) in [5.41, 5.74) is 1.28. The Kier molecular flexibility index (Phi) is 5.02. The molecule has 1 saturated carbocycles. The van der Waals surface area contributed by atoms with E-state index in [0.29, 0.717) is 18.1 Å². The Morgan fingerprint density at radius 3 is 2.85 bits per heavy atom. The number of ether oxygens (including phenoxy) is 1. The van der Waals surface area contributed by atoms with Crippen LogP contribution in [0.2, 0.25) is 0 Å². The first-order valence-corrected chi connectivity index (χ1v) is 8.23. The molecule has 1 heterocycles. The van der Waals surface area contributed by atoms with Crippen LogP contribution < -0.4 is 5.32 Å². The number of thiazole rings is 1. The summed E-state index contributed by atoms with van der Waals surface area (Å²) in [5.74, 6) is -0.205. The molecule has 1 N–H and O–H groups in total. The van der Waals surface area contributed by atoms with Gasteiger partial charge in [-0.15, -0.1) is 11.3 Å². The molecule has 0 spiro atoms. The van der Waals surface area contributed by atoms with Crippen LogP contribution in [-0.2, 0) is 16.0 Å². The number of carbonyl (C=O) groups excluding carboxylic acids is 1. The Bertz CT molecular complexity index is 446. The first-order valence-electron chi connectivity index (χ1n) is 7.35. The predicted octanol–water partition coefficient (Wildman–Crippen LogP) is 3.63. The van der Waals surface area contributed by atoms with E-state index in [1.165, 1.54) is 25.7 Å². The van der Waals surface area contributed by atoms with Gasteiger partial charge < -0.3 is 10.1 Å². The maximum absolute atomic E-state index is 11.4. The van der Waals surface area contributed by atoms with Crippen molar-refractivity contribution in [3.8, 4) is 0 Å². The molecule has 112 valence electrons. The highest BCUT2D eigenvalue weighted by atomic mass is 32.1. The molecule has 0 saturated heterocycles. The van der Waals surface area contributed by atoms with Gasteiger partial charge in [-0.25, -0.2) is 4.98 Å². The Morgan fingerprint density at radius 1 is 1.50 bits per heavy atom. The number of hydrogen-bond acceptors (Lipinski definition) is 5. The van der Waals surface area contributed by atoms with Crippen LogP contribution in [0.5, 0.6) is 0 Å². The quantitative estimate of drug-likeness (QED) is 0.843. The van der Waals surface area contributed by atoms with Gasteiger partial charge in [0.2, 0.25) is 0 Å². The average molecular weight is 296 g/mol. The van der Waals surface area contributed by atoms with Crippen molar-refractivity contribution in [2.45, 2.75) is 58.9 Å². The van der Waals surface area contributed by atoms with Gasteiger partial charge in [-0.3, -0.25) is 4.79 Å². The number of anilines is 1.